The van der Waals surface area contributed by atoms with E-state index in [4.69, 9.17) is 13.8 Å². The number of rotatable bonds is 59. The van der Waals surface area contributed by atoms with Crippen molar-refractivity contribution in [1.82, 2.24) is 5.32 Å². The van der Waals surface area contributed by atoms with E-state index < -0.39 is 26.6 Å². The second-order valence-electron chi connectivity index (χ2n) is 23.3. The number of amides is 1. The minimum Gasteiger partial charge on any atom is -0.756 e. The molecule has 0 saturated heterocycles. The summed E-state index contributed by atoms with van der Waals surface area (Å²) >= 11 is 0. The predicted molar refractivity (Wildman–Crippen MR) is 335 cm³/mol. The van der Waals surface area contributed by atoms with Gasteiger partial charge in [0.25, 0.3) is 7.82 Å². The molecule has 0 bridgehead atoms. The fourth-order valence-electron chi connectivity index (χ4n) is 9.27. The Balaban J connectivity index is 5.22. The molecule has 3 atom stereocenters. The highest BCUT2D eigenvalue weighted by atomic mass is 31.2. The predicted octanol–water partition coefficient (Wildman–Crippen LogP) is 19.8. The lowest BCUT2D eigenvalue weighted by molar-refractivity contribution is -0.870. The number of hydrogen-bond acceptors (Lipinski definition) is 7. The number of ether oxygens (including phenoxy) is 1. The van der Waals surface area contributed by atoms with Gasteiger partial charge in [0.05, 0.1) is 33.8 Å². The van der Waals surface area contributed by atoms with E-state index in [1.54, 1.807) is 0 Å². The Kier molecular flexibility index (Phi) is 55.8. The summed E-state index contributed by atoms with van der Waals surface area (Å²) in [7, 11) is 1.15. The van der Waals surface area contributed by atoms with Crippen LogP contribution in [0.4, 0.5) is 0 Å². The fraction of sp³-hybridized carbons (Fsp3) is 0.794. The van der Waals surface area contributed by atoms with Crippen LogP contribution in [-0.4, -0.2) is 69.4 Å². The first kappa shape index (κ1) is 75.5. The zero-order chi connectivity index (χ0) is 57.2. The number of likely N-dealkylation sites (N-methyl/N-ethyl adjacent to an activating group) is 1. The summed E-state index contributed by atoms with van der Waals surface area (Å²) in [5.74, 6) is -0.601. The van der Waals surface area contributed by atoms with Crippen LogP contribution >= 0.6 is 7.82 Å². The summed E-state index contributed by atoms with van der Waals surface area (Å²) in [5.41, 5.74) is 0. The average molecular weight is 1110 g/mol. The average Bonchev–Trinajstić information content (AvgIpc) is 3.40. The number of allylic oxidation sites excluding steroid dienone is 11. The SMILES string of the molecule is CCCCC/C=C\C/C=C\C/C=C\C/C=C\CCCC(=O)NC(COP(=O)([O-])OCC[N+](C)(C)C)C(/C=C\CCCCCCCCCCCC)OC(=O)CCCCCCCCCCCCCCC/C=C/CCCCCCCC. The molecule has 0 aliphatic carbocycles. The monoisotopic (exact) mass is 1110 g/mol. The maximum absolute atomic E-state index is 13.5. The molecule has 0 fully saturated rings. The summed E-state index contributed by atoms with van der Waals surface area (Å²) in [4.78, 5) is 40.0. The van der Waals surface area contributed by atoms with Crippen molar-refractivity contribution in [2.75, 3.05) is 40.9 Å². The number of unbranched alkanes of at least 4 members (excludes halogenated alkanes) is 33. The quantitative estimate of drug-likeness (QED) is 0.0212. The van der Waals surface area contributed by atoms with Crippen molar-refractivity contribution in [3.8, 4) is 0 Å². The number of phosphoric ester groups is 1. The third-order valence-electron chi connectivity index (χ3n) is 14.4. The van der Waals surface area contributed by atoms with Gasteiger partial charge in [0.15, 0.2) is 0 Å². The molecule has 1 amide bonds. The van der Waals surface area contributed by atoms with Gasteiger partial charge in [-0.1, -0.05) is 261 Å². The Morgan fingerprint density at radius 3 is 1.23 bits per heavy atom. The van der Waals surface area contributed by atoms with Crippen LogP contribution in [0.25, 0.3) is 0 Å². The van der Waals surface area contributed by atoms with Crippen molar-refractivity contribution in [3.63, 3.8) is 0 Å². The summed E-state index contributed by atoms with van der Waals surface area (Å²) in [5, 5.41) is 3.00. The van der Waals surface area contributed by atoms with E-state index >= 15 is 0 Å². The van der Waals surface area contributed by atoms with E-state index in [0.29, 0.717) is 17.4 Å². The number of quaternary nitrogens is 1. The highest BCUT2D eigenvalue weighted by molar-refractivity contribution is 7.45. The molecule has 3 unspecified atom stereocenters. The molecule has 454 valence electrons. The zero-order valence-electron chi connectivity index (χ0n) is 51.9. The molecular formula is C68H125N2O7P. The minimum absolute atomic E-state index is 0.0338. The number of hydrogen-bond donors (Lipinski definition) is 1. The van der Waals surface area contributed by atoms with Gasteiger partial charge in [0.1, 0.15) is 19.3 Å². The number of phosphoric acid groups is 1. The molecule has 9 nitrogen and oxygen atoms in total. The standard InChI is InChI=1S/C68H125N2O7P/c1-7-10-13-16-19-22-25-28-30-32-33-34-35-36-37-39-41-43-46-49-52-55-58-61-68(72)77-66(59-56-53-50-47-44-27-24-21-18-15-12-9-3)65(64-76-78(73,74)75-63-62-70(4,5)6)69-67(71)60-57-54-51-48-45-42-40-38-31-29-26-23-20-17-14-11-8-2/h20,23,28-31,40,42,48,51,56,59,65-66H,7-19,21-22,24-27,32-39,41,43-47,49-50,52-55,57-58,60-64H2,1-6H3,(H-,69,71,73,74)/b23-20-,30-28+,31-29-,42-40-,51-48-,59-56-. The third-order valence-corrected chi connectivity index (χ3v) is 15.3. The van der Waals surface area contributed by atoms with Crippen LogP contribution in [0.15, 0.2) is 72.9 Å². The van der Waals surface area contributed by atoms with E-state index in [-0.39, 0.29) is 31.3 Å². The molecule has 1 N–H and O–H groups in total. The van der Waals surface area contributed by atoms with Crippen LogP contribution in [0.2, 0.25) is 0 Å². The van der Waals surface area contributed by atoms with Crippen LogP contribution in [0.3, 0.4) is 0 Å². The molecule has 0 aromatic heterocycles. The Labute approximate surface area is 483 Å². The van der Waals surface area contributed by atoms with Crippen LogP contribution in [0, 0.1) is 0 Å². The molecule has 0 aliphatic rings. The first-order valence-electron chi connectivity index (χ1n) is 32.7. The van der Waals surface area contributed by atoms with Gasteiger partial charge in [-0.3, -0.25) is 14.2 Å². The zero-order valence-corrected chi connectivity index (χ0v) is 52.8. The topological polar surface area (TPSA) is 114 Å². The second kappa shape index (κ2) is 57.7. The molecule has 78 heavy (non-hydrogen) atoms. The molecular weight excluding hydrogens is 988 g/mol. The summed E-state index contributed by atoms with van der Waals surface area (Å²) in [6, 6.07) is -0.918. The van der Waals surface area contributed by atoms with Crippen molar-refractivity contribution in [2.45, 2.75) is 309 Å². The number of carbonyl (C=O) groups is 2. The number of carbonyl (C=O) groups excluding carboxylic acids is 2. The fourth-order valence-corrected chi connectivity index (χ4v) is 10.00. The maximum Gasteiger partial charge on any atom is 0.306 e. The summed E-state index contributed by atoms with van der Waals surface area (Å²) in [6.07, 6.45) is 74.6. The lowest BCUT2D eigenvalue weighted by atomic mass is 10.0. The van der Waals surface area contributed by atoms with Crippen LogP contribution < -0.4 is 10.2 Å². The molecule has 0 aliphatic heterocycles. The first-order valence-corrected chi connectivity index (χ1v) is 34.2. The molecule has 0 aromatic carbocycles. The Bertz CT molecular complexity index is 1570. The van der Waals surface area contributed by atoms with Crippen molar-refractivity contribution in [3.05, 3.63) is 72.9 Å². The van der Waals surface area contributed by atoms with Crippen LogP contribution in [-0.2, 0) is 27.9 Å². The van der Waals surface area contributed by atoms with Crippen molar-refractivity contribution >= 4 is 19.7 Å². The van der Waals surface area contributed by atoms with E-state index in [9.17, 15) is 19.0 Å². The first-order chi connectivity index (χ1) is 37.9. The van der Waals surface area contributed by atoms with Crippen molar-refractivity contribution in [1.29, 1.82) is 0 Å². The Morgan fingerprint density at radius 2 is 0.795 bits per heavy atom. The third kappa shape index (κ3) is 58.1. The number of nitrogens with zero attached hydrogens (tertiary/aromatic N) is 1. The van der Waals surface area contributed by atoms with E-state index in [0.717, 1.165) is 64.2 Å². The molecule has 0 rings (SSSR count). The summed E-state index contributed by atoms with van der Waals surface area (Å²) in [6.45, 7) is 6.78. The Morgan fingerprint density at radius 1 is 0.449 bits per heavy atom. The Hall–Kier alpha value is -2.55. The van der Waals surface area contributed by atoms with E-state index in [1.807, 2.05) is 33.3 Å². The number of nitrogens with one attached hydrogen (secondary N) is 1. The summed E-state index contributed by atoms with van der Waals surface area (Å²) < 4.78 is 30.3. The molecule has 10 heteroatoms. The second-order valence-corrected chi connectivity index (χ2v) is 24.7. The molecule has 0 heterocycles. The van der Waals surface area contributed by atoms with Gasteiger partial charge in [0, 0.05) is 12.8 Å². The van der Waals surface area contributed by atoms with Gasteiger partial charge in [0.2, 0.25) is 5.91 Å². The number of esters is 1. The van der Waals surface area contributed by atoms with Gasteiger partial charge >= 0.3 is 5.97 Å². The molecule has 0 saturated carbocycles. The van der Waals surface area contributed by atoms with Crippen molar-refractivity contribution < 1.29 is 37.3 Å². The molecule has 0 radical (unpaired) electrons. The van der Waals surface area contributed by atoms with Crippen LogP contribution in [0.1, 0.15) is 297 Å². The lowest BCUT2D eigenvalue weighted by Crippen LogP contribution is -2.47. The highest BCUT2D eigenvalue weighted by Crippen LogP contribution is 2.38. The van der Waals surface area contributed by atoms with Crippen molar-refractivity contribution in [2.24, 2.45) is 0 Å². The molecule has 0 aromatic rings. The van der Waals surface area contributed by atoms with E-state index in [1.165, 1.54) is 193 Å². The van der Waals surface area contributed by atoms with Gasteiger partial charge in [-0.15, -0.1) is 0 Å². The van der Waals surface area contributed by atoms with Gasteiger partial charge in [-0.2, -0.15) is 0 Å². The largest absolute Gasteiger partial charge is 0.756 e. The van der Waals surface area contributed by atoms with Gasteiger partial charge < -0.3 is 28.5 Å². The smallest absolute Gasteiger partial charge is 0.306 e. The maximum atomic E-state index is 13.5. The van der Waals surface area contributed by atoms with Gasteiger partial charge in [-0.05, 0) is 96.0 Å². The minimum atomic E-state index is -4.72. The van der Waals surface area contributed by atoms with Crippen LogP contribution in [0.5, 0.6) is 0 Å². The highest BCUT2D eigenvalue weighted by Gasteiger charge is 2.27. The molecule has 0 spiro atoms. The van der Waals surface area contributed by atoms with E-state index in [2.05, 4.69) is 86.8 Å². The lowest BCUT2D eigenvalue weighted by Gasteiger charge is -2.30. The normalized spacial score (nSPS) is 14.1. The van der Waals surface area contributed by atoms with Gasteiger partial charge in [-0.25, -0.2) is 0 Å².